The first kappa shape index (κ1) is 8.72. The van der Waals surface area contributed by atoms with Crippen molar-refractivity contribution in [2.75, 3.05) is 0 Å². The van der Waals surface area contributed by atoms with Gasteiger partial charge in [-0.15, -0.1) is 0 Å². The van der Waals surface area contributed by atoms with Gasteiger partial charge in [0.2, 0.25) is 0 Å². The third kappa shape index (κ3) is 1.45. The first-order chi connectivity index (χ1) is 5.69. The van der Waals surface area contributed by atoms with E-state index in [1.165, 1.54) is 6.07 Å². The largest absolute Gasteiger partial charge is 0.207 e. The molecule has 1 aromatic carbocycles. The van der Waals surface area contributed by atoms with Gasteiger partial charge in [-0.1, -0.05) is 25.3 Å². The smallest absolute Gasteiger partial charge is 0.126 e. The fourth-order valence-corrected chi connectivity index (χ4v) is 1.07. The standard InChI is InChI=1S/C11H11F/c1-4-9-6-8(3)11(12)7-10(9)5-2/h4-7H,1-2H2,3H3. The van der Waals surface area contributed by atoms with Gasteiger partial charge in [-0.05, 0) is 35.7 Å². The second-order valence-corrected chi connectivity index (χ2v) is 2.64. The molecule has 0 atom stereocenters. The van der Waals surface area contributed by atoms with Crippen LogP contribution >= 0.6 is 0 Å². The molecule has 0 radical (unpaired) electrons. The quantitative estimate of drug-likeness (QED) is 0.625. The number of halogens is 1. The zero-order chi connectivity index (χ0) is 9.14. The number of benzene rings is 1. The van der Waals surface area contributed by atoms with Gasteiger partial charge in [-0.25, -0.2) is 4.39 Å². The van der Waals surface area contributed by atoms with E-state index < -0.39 is 0 Å². The minimum Gasteiger partial charge on any atom is -0.207 e. The summed E-state index contributed by atoms with van der Waals surface area (Å²) in [7, 11) is 0. The van der Waals surface area contributed by atoms with E-state index in [2.05, 4.69) is 13.2 Å². The SMILES string of the molecule is C=Cc1cc(C)c(F)cc1C=C. The lowest BCUT2D eigenvalue weighted by Gasteiger charge is -2.03. The molecule has 0 N–H and O–H groups in total. The summed E-state index contributed by atoms with van der Waals surface area (Å²) in [6.45, 7) is 8.97. The van der Waals surface area contributed by atoms with Crippen LogP contribution in [0, 0.1) is 12.7 Å². The van der Waals surface area contributed by atoms with Crippen LogP contribution in [0.1, 0.15) is 16.7 Å². The summed E-state index contributed by atoms with van der Waals surface area (Å²) in [4.78, 5) is 0. The minimum atomic E-state index is -0.199. The maximum atomic E-state index is 13.0. The van der Waals surface area contributed by atoms with Gasteiger partial charge in [-0.3, -0.25) is 0 Å². The van der Waals surface area contributed by atoms with Crippen LogP contribution < -0.4 is 0 Å². The minimum absolute atomic E-state index is 0.199. The molecule has 0 nitrogen and oxygen atoms in total. The Bertz CT molecular complexity index is 291. The van der Waals surface area contributed by atoms with Crippen molar-refractivity contribution in [3.63, 3.8) is 0 Å². The Hall–Kier alpha value is -1.37. The Balaban J connectivity index is 3.37. The van der Waals surface area contributed by atoms with E-state index in [1.54, 1.807) is 25.1 Å². The molecule has 0 aliphatic carbocycles. The lowest BCUT2D eigenvalue weighted by atomic mass is 10.0. The zero-order valence-electron chi connectivity index (χ0n) is 7.10. The molecule has 0 saturated heterocycles. The topological polar surface area (TPSA) is 0 Å². The molecule has 0 unspecified atom stereocenters. The predicted molar refractivity (Wildman–Crippen MR) is 51.3 cm³/mol. The first-order valence-electron chi connectivity index (χ1n) is 3.74. The van der Waals surface area contributed by atoms with Crippen LogP contribution in [-0.4, -0.2) is 0 Å². The van der Waals surface area contributed by atoms with Crippen LogP contribution in [0.15, 0.2) is 25.3 Å². The Kier molecular flexibility index (Phi) is 2.44. The normalized spacial score (nSPS) is 9.50. The molecule has 1 heteroatoms. The third-order valence-electron chi connectivity index (χ3n) is 1.80. The first-order valence-corrected chi connectivity index (χ1v) is 3.74. The summed E-state index contributed by atoms with van der Waals surface area (Å²) in [6.07, 6.45) is 3.32. The molecule has 0 aliphatic rings. The molecule has 0 aromatic heterocycles. The Morgan fingerprint density at radius 1 is 1.17 bits per heavy atom. The van der Waals surface area contributed by atoms with Crippen molar-refractivity contribution in [1.29, 1.82) is 0 Å². The highest BCUT2D eigenvalue weighted by Crippen LogP contribution is 2.17. The highest BCUT2D eigenvalue weighted by atomic mass is 19.1. The van der Waals surface area contributed by atoms with Gasteiger partial charge in [0.05, 0.1) is 0 Å². The lowest BCUT2D eigenvalue weighted by Crippen LogP contribution is -1.87. The van der Waals surface area contributed by atoms with Gasteiger partial charge in [0, 0.05) is 0 Å². The van der Waals surface area contributed by atoms with Crippen LogP contribution in [0.2, 0.25) is 0 Å². The Morgan fingerprint density at radius 2 is 1.67 bits per heavy atom. The fourth-order valence-electron chi connectivity index (χ4n) is 1.07. The van der Waals surface area contributed by atoms with Crippen LogP contribution in [-0.2, 0) is 0 Å². The number of rotatable bonds is 2. The molecular formula is C11H11F. The van der Waals surface area contributed by atoms with Crippen molar-refractivity contribution < 1.29 is 4.39 Å². The average Bonchev–Trinajstić information content (AvgIpc) is 2.09. The molecule has 1 aromatic rings. The summed E-state index contributed by atoms with van der Waals surface area (Å²) in [5.74, 6) is -0.199. The van der Waals surface area contributed by atoms with E-state index in [0.717, 1.165) is 11.1 Å². The molecular weight excluding hydrogens is 151 g/mol. The van der Waals surface area contributed by atoms with Crippen LogP contribution in [0.5, 0.6) is 0 Å². The van der Waals surface area contributed by atoms with E-state index in [4.69, 9.17) is 0 Å². The van der Waals surface area contributed by atoms with Gasteiger partial charge < -0.3 is 0 Å². The molecule has 0 aliphatic heterocycles. The van der Waals surface area contributed by atoms with Crippen molar-refractivity contribution in [1.82, 2.24) is 0 Å². The van der Waals surface area contributed by atoms with E-state index in [-0.39, 0.29) is 5.82 Å². The Labute approximate surface area is 72.0 Å². The monoisotopic (exact) mass is 162 g/mol. The van der Waals surface area contributed by atoms with Crippen molar-refractivity contribution in [3.8, 4) is 0 Å². The fraction of sp³-hybridized carbons (Fsp3) is 0.0909. The van der Waals surface area contributed by atoms with Gasteiger partial charge in [0.1, 0.15) is 5.82 Å². The van der Waals surface area contributed by atoms with Crippen molar-refractivity contribution in [2.45, 2.75) is 6.92 Å². The van der Waals surface area contributed by atoms with E-state index >= 15 is 0 Å². The Morgan fingerprint density at radius 3 is 2.17 bits per heavy atom. The molecule has 0 amide bonds. The molecule has 12 heavy (non-hydrogen) atoms. The van der Waals surface area contributed by atoms with Crippen molar-refractivity contribution in [2.24, 2.45) is 0 Å². The number of hydrogen-bond acceptors (Lipinski definition) is 0. The maximum Gasteiger partial charge on any atom is 0.126 e. The molecule has 0 saturated carbocycles. The predicted octanol–water partition coefficient (Wildman–Crippen LogP) is 3.42. The summed E-state index contributed by atoms with van der Waals surface area (Å²) >= 11 is 0. The van der Waals surface area contributed by atoms with E-state index in [9.17, 15) is 4.39 Å². The molecule has 0 heterocycles. The number of hydrogen-bond donors (Lipinski definition) is 0. The second-order valence-electron chi connectivity index (χ2n) is 2.64. The maximum absolute atomic E-state index is 13.0. The molecule has 1 rings (SSSR count). The highest BCUT2D eigenvalue weighted by Gasteiger charge is 2.01. The van der Waals surface area contributed by atoms with Crippen LogP contribution in [0.25, 0.3) is 12.2 Å². The molecule has 0 bridgehead atoms. The number of aryl methyl sites for hydroxylation is 1. The molecule has 0 spiro atoms. The highest BCUT2D eigenvalue weighted by molar-refractivity contribution is 5.64. The van der Waals surface area contributed by atoms with Crippen molar-refractivity contribution in [3.05, 3.63) is 47.8 Å². The van der Waals surface area contributed by atoms with Crippen molar-refractivity contribution >= 4 is 12.2 Å². The van der Waals surface area contributed by atoms with E-state index in [0.29, 0.717) is 5.56 Å². The molecule has 62 valence electrons. The van der Waals surface area contributed by atoms with Gasteiger partial charge in [0.15, 0.2) is 0 Å². The molecule has 0 fully saturated rings. The van der Waals surface area contributed by atoms with Gasteiger partial charge in [-0.2, -0.15) is 0 Å². The average molecular weight is 162 g/mol. The summed E-state index contributed by atoms with van der Waals surface area (Å²) < 4.78 is 13.0. The summed E-state index contributed by atoms with van der Waals surface area (Å²) in [6, 6.07) is 3.23. The zero-order valence-corrected chi connectivity index (χ0v) is 7.10. The van der Waals surface area contributed by atoms with Crippen LogP contribution in [0.3, 0.4) is 0 Å². The lowest BCUT2D eigenvalue weighted by molar-refractivity contribution is 0.618. The van der Waals surface area contributed by atoms with Gasteiger partial charge >= 0.3 is 0 Å². The third-order valence-corrected chi connectivity index (χ3v) is 1.80. The van der Waals surface area contributed by atoms with Crippen LogP contribution in [0.4, 0.5) is 4.39 Å². The summed E-state index contributed by atoms with van der Waals surface area (Å²) in [5, 5.41) is 0. The van der Waals surface area contributed by atoms with Gasteiger partial charge in [0.25, 0.3) is 0 Å². The summed E-state index contributed by atoms with van der Waals surface area (Å²) in [5.41, 5.74) is 2.34. The second kappa shape index (κ2) is 3.35. The van der Waals surface area contributed by atoms with E-state index in [1.807, 2.05) is 0 Å².